The number of nitrogens with zero attached hydrogens (tertiary/aromatic N) is 5. The minimum absolute atomic E-state index is 0.344. The van der Waals surface area contributed by atoms with Crippen molar-refractivity contribution in [1.29, 1.82) is 5.26 Å². The number of pyridine rings is 1. The van der Waals surface area contributed by atoms with E-state index in [1.165, 1.54) is 19.5 Å². The van der Waals surface area contributed by atoms with Gasteiger partial charge in [-0.3, -0.25) is 0 Å². The van der Waals surface area contributed by atoms with Gasteiger partial charge in [0.1, 0.15) is 41.1 Å². The smallest absolute Gasteiger partial charge is 0.147 e. The van der Waals surface area contributed by atoms with Crippen LogP contribution in [0.2, 0.25) is 0 Å². The maximum Gasteiger partial charge on any atom is 0.147 e. The highest BCUT2D eigenvalue weighted by Crippen LogP contribution is 2.31. The van der Waals surface area contributed by atoms with Crippen LogP contribution in [0.3, 0.4) is 0 Å². The summed E-state index contributed by atoms with van der Waals surface area (Å²) in [5.41, 5.74) is 3.13. The minimum Gasteiger partial charge on any atom is -0.496 e. The number of benzene rings is 1. The third-order valence-corrected chi connectivity index (χ3v) is 5.31. The Labute approximate surface area is 182 Å². The molecule has 0 saturated carbocycles. The van der Waals surface area contributed by atoms with Crippen LogP contribution in [0.5, 0.6) is 5.75 Å². The number of hydrogen-bond donors (Lipinski definition) is 2. The van der Waals surface area contributed by atoms with E-state index in [-0.39, 0.29) is 0 Å². The van der Waals surface area contributed by atoms with Gasteiger partial charge in [0, 0.05) is 47.9 Å². The Kier molecular flexibility index (Phi) is 4.88. The Balaban J connectivity index is 1.38. The summed E-state index contributed by atoms with van der Waals surface area (Å²) in [4.78, 5) is 16.1. The molecule has 158 valence electrons. The fraction of sp³-hybridized carbons (Fsp3) is 0.130. The first-order valence-electron chi connectivity index (χ1n) is 9.93. The fourth-order valence-corrected chi connectivity index (χ4v) is 3.80. The van der Waals surface area contributed by atoms with E-state index >= 15 is 0 Å². The summed E-state index contributed by atoms with van der Waals surface area (Å²) in [6.07, 6.45) is 5.08. The molecule has 1 aromatic carbocycles. The molecule has 4 aromatic heterocycles. The number of nitrogens with one attached hydrogen (secondary N) is 2. The van der Waals surface area contributed by atoms with Crippen LogP contribution in [0, 0.1) is 17.1 Å². The molecule has 0 aliphatic carbocycles. The lowest BCUT2D eigenvalue weighted by Gasteiger charge is -2.11. The molecule has 2 N–H and O–H groups in total. The van der Waals surface area contributed by atoms with Gasteiger partial charge < -0.3 is 19.6 Å². The van der Waals surface area contributed by atoms with Gasteiger partial charge in [-0.25, -0.2) is 19.3 Å². The van der Waals surface area contributed by atoms with Gasteiger partial charge in [0.05, 0.1) is 18.3 Å². The van der Waals surface area contributed by atoms with E-state index in [0.29, 0.717) is 41.3 Å². The van der Waals surface area contributed by atoms with Crippen LogP contribution in [0.4, 0.5) is 10.2 Å². The van der Waals surface area contributed by atoms with Gasteiger partial charge in [0.15, 0.2) is 0 Å². The number of fused-ring (bicyclic) bond motifs is 2. The highest BCUT2D eigenvalue weighted by atomic mass is 19.1. The maximum absolute atomic E-state index is 14.6. The summed E-state index contributed by atoms with van der Waals surface area (Å²) >= 11 is 0. The molecule has 32 heavy (non-hydrogen) atoms. The Hall–Kier alpha value is -4.45. The van der Waals surface area contributed by atoms with Gasteiger partial charge in [0.25, 0.3) is 0 Å². The van der Waals surface area contributed by atoms with Gasteiger partial charge in [-0.2, -0.15) is 5.26 Å². The number of methoxy groups -OCH3 is 1. The van der Waals surface area contributed by atoms with Crippen molar-refractivity contribution in [2.24, 2.45) is 0 Å². The largest absolute Gasteiger partial charge is 0.496 e. The molecule has 0 saturated heterocycles. The number of halogens is 1. The molecule has 8 nitrogen and oxygen atoms in total. The van der Waals surface area contributed by atoms with E-state index in [9.17, 15) is 9.65 Å². The number of hydrogen-bond acceptors (Lipinski definition) is 6. The third-order valence-electron chi connectivity index (χ3n) is 5.31. The van der Waals surface area contributed by atoms with Crippen LogP contribution in [0.25, 0.3) is 33.2 Å². The topological polar surface area (TPSA) is 104 Å². The first-order valence-corrected chi connectivity index (χ1v) is 9.93. The molecule has 0 fully saturated rings. The van der Waals surface area contributed by atoms with Crippen LogP contribution >= 0.6 is 0 Å². The third kappa shape index (κ3) is 3.37. The van der Waals surface area contributed by atoms with E-state index in [1.54, 1.807) is 22.9 Å². The van der Waals surface area contributed by atoms with E-state index < -0.39 is 5.82 Å². The van der Waals surface area contributed by atoms with Crippen molar-refractivity contribution in [3.8, 4) is 23.1 Å². The molecule has 0 bridgehead atoms. The summed E-state index contributed by atoms with van der Waals surface area (Å²) in [5, 5.41) is 14.3. The predicted molar refractivity (Wildman–Crippen MR) is 119 cm³/mol. The Morgan fingerprint density at radius 2 is 2.09 bits per heavy atom. The summed E-state index contributed by atoms with van der Waals surface area (Å²) in [6, 6.07) is 12.5. The number of nitriles is 1. The molecule has 4 heterocycles. The van der Waals surface area contributed by atoms with E-state index in [1.807, 2.05) is 24.4 Å². The average molecular weight is 427 g/mol. The number of aromatic nitrogens is 5. The van der Waals surface area contributed by atoms with Crippen molar-refractivity contribution in [3.63, 3.8) is 0 Å². The van der Waals surface area contributed by atoms with Gasteiger partial charge in [0.2, 0.25) is 0 Å². The lowest BCUT2D eigenvalue weighted by atomic mass is 10.1. The number of ether oxygens (including phenoxy) is 1. The molecular formula is C23H18FN7O. The second-order valence-electron chi connectivity index (χ2n) is 7.16. The first-order chi connectivity index (χ1) is 15.7. The lowest BCUT2D eigenvalue weighted by molar-refractivity contribution is 0.419. The predicted octanol–water partition coefficient (Wildman–Crippen LogP) is 4.11. The molecule has 0 unspecified atom stereocenters. The van der Waals surface area contributed by atoms with Crippen LogP contribution in [0.1, 0.15) is 5.69 Å². The van der Waals surface area contributed by atoms with Gasteiger partial charge in [-0.05, 0) is 30.3 Å². The molecule has 5 rings (SSSR count). The molecule has 9 heteroatoms. The van der Waals surface area contributed by atoms with Crippen molar-refractivity contribution >= 4 is 27.8 Å². The van der Waals surface area contributed by atoms with Crippen molar-refractivity contribution in [1.82, 2.24) is 24.5 Å². The summed E-state index contributed by atoms with van der Waals surface area (Å²) in [7, 11) is 1.52. The molecule has 0 atom stereocenters. The Morgan fingerprint density at radius 3 is 2.94 bits per heavy atom. The molecule has 0 radical (unpaired) electrons. The van der Waals surface area contributed by atoms with Crippen molar-refractivity contribution in [2.75, 3.05) is 19.0 Å². The van der Waals surface area contributed by atoms with E-state index in [0.717, 1.165) is 22.3 Å². The van der Waals surface area contributed by atoms with Crippen molar-refractivity contribution in [3.05, 3.63) is 66.6 Å². The minimum atomic E-state index is -0.403. The molecule has 0 amide bonds. The molecule has 0 aliphatic rings. The van der Waals surface area contributed by atoms with Crippen LogP contribution < -0.4 is 10.1 Å². The number of rotatable bonds is 6. The monoisotopic (exact) mass is 427 g/mol. The number of anilines is 1. The summed E-state index contributed by atoms with van der Waals surface area (Å²) in [6.45, 7) is 0.799. The summed E-state index contributed by atoms with van der Waals surface area (Å²) < 4.78 is 21.5. The maximum atomic E-state index is 14.6. The Bertz CT molecular complexity index is 1480. The Morgan fingerprint density at radius 1 is 1.19 bits per heavy atom. The molecular weight excluding hydrogens is 409 g/mol. The van der Waals surface area contributed by atoms with Gasteiger partial charge in [-0.15, -0.1) is 0 Å². The molecule has 0 spiro atoms. The van der Waals surface area contributed by atoms with Gasteiger partial charge >= 0.3 is 0 Å². The quantitative estimate of drug-likeness (QED) is 0.423. The highest BCUT2D eigenvalue weighted by molar-refractivity contribution is 5.89. The zero-order chi connectivity index (χ0) is 22.1. The second kappa shape index (κ2) is 8.00. The lowest BCUT2D eigenvalue weighted by Crippen LogP contribution is -2.13. The zero-order valence-electron chi connectivity index (χ0n) is 17.1. The molecule has 5 aromatic rings. The second-order valence-corrected chi connectivity index (χ2v) is 7.16. The standard InChI is InChI=1S/C23H18FN7O/c1-32-20-3-2-18(24)22-17(20)9-16(11-25)31(22)7-6-26-21-10-19(29-13-30-21)15-8-14-4-5-27-23(14)28-12-15/h2-5,8-10,12-13H,6-7H2,1H3,(H,27,28)(H,26,29,30). The van der Waals surface area contributed by atoms with E-state index in [2.05, 4.69) is 31.3 Å². The van der Waals surface area contributed by atoms with Crippen LogP contribution in [-0.4, -0.2) is 38.2 Å². The van der Waals surface area contributed by atoms with Crippen molar-refractivity contribution < 1.29 is 9.13 Å². The molecule has 0 aliphatic heterocycles. The highest BCUT2D eigenvalue weighted by Gasteiger charge is 2.16. The first kappa shape index (κ1) is 19.5. The summed E-state index contributed by atoms with van der Waals surface area (Å²) in [5.74, 6) is 0.745. The number of aromatic amines is 1. The fourth-order valence-electron chi connectivity index (χ4n) is 3.80. The van der Waals surface area contributed by atoms with Crippen LogP contribution in [-0.2, 0) is 6.54 Å². The van der Waals surface area contributed by atoms with Gasteiger partial charge in [-0.1, -0.05) is 0 Å². The van der Waals surface area contributed by atoms with Crippen LogP contribution in [0.15, 0.2) is 55.1 Å². The average Bonchev–Trinajstić information content (AvgIpc) is 3.44. The zero-order valence-corrected chi connectivity index (χ0v) is 17.1. The normalized spacial score (nSPS) is 11.0. The number of H-pyrrole nitrogens is 1. The van der Waals surface area contributed by atoms with Crippen molar-refractivity contribution in [2.45, 2.75) is 6.54 Å². The van der Waals surface area contributed by atoms with E-state index in [4.69, 9.17) is 4.74 Å². The SMILES string of the molecule is COc1ccc(F)c2c1cc(C#N)n2CCNc1cc(-c2cnc3[nH]ccc3c2)ncn1.